The number of furan rings is 1. The zero-order valence-electron chi connectivity index (χ0n) is 13.1. The first-order valence-electron chi connectivity index (χ1n) is 7.09. The lowest BCUT2D eigenvalue weighted by Gasteiger charge is -2.00. The zero-order valence-corrected chi connectivity index (χ0v) is 13.9. The van der Waals surface area contributed by atoms with E-state index >= 15 is 0 Å². The summed E-state index contributed by atoms with van der Waals surface area (Å²) in [5.41, 5.74) is 3.83. The molecule has 0 amide bonds. The molecule has 3 rings (SSSR count). The molecule has 0 atom stereocenters. The van der Waals surface area contributed by atoms with Crippen molar-refractivity contribution >= 4 is 22.4 Å². The number of aromatic nitrogens is 2. The molecule has 0 bridgehead atoms. The second kappa shape index (κ2) is 6.29. The second-order valence-corrected chi connectivity index (χ2v) is 5.95. The Kier molecular flexibility index (Phi) is 4.20. The first-order chi connectivity index (χ1) is 11.1. The van der Waals surface area contributed by atoms with Crippen LogP contribution in [0.3, 0.4) is 0 Å². The van der Waals surface area contributed by atoms with Gasteiger partial charge in [-0.05, 0) is 31.5 Å². The molecule has 3 aromatic heterocycles. The SMILES string of the molecule is COC(=O)c1c(C)[nH]c(-c2csc(NCc3ccco3)n2)c1C. The van der Waals surface area contributed by atoms with Crippen LogP contribution in [0.2, 0.25) is 0 Å². The third kappa shape index (κ3) is 3.00. The van der Waals surface area contributed by atoms with Crippen LogP contribution >= 0.6 is 11.3 Å². The van der Waals surface area contributed by atoms with Crippen LogP contribution in [0, 0.1) is 13.8 Å². The minimum absolute atomic E-state index is 0.339. The van der Waals surface area contributed by atoms with Gasteiger partial charge in [0.15, 0.2) is 5.13 Å². The number of ether oxygens (including phenoxy) is 1. The first kappa shape index (κ1) is 15.4. The van der Waals surface area contributed by atoms with Gasteiger partial charge in [0.25, 0.3) is 0 Å². The summed E-state index contributed by atoms with van der Waals surface area (Å²) in [4.78, 5) is 19.6. The number of esters is 1. The summed E-state index contributed by atoms with van der Waals surface area (Å²) in [5, 5.41) is 5.96. The largest absolute Gasteiger partial charge is 0.467 e. The molecule has 3 aromatic rings. The molecule has 0 unspecified atom stereocenters. The molecule has 3 heterocycles. The molecule has 0 radical (unpaired) electrons. The van der Waals surface area contributed by atoms with Crippen LogP contribution in [-0.4, -0.2) is 23.0 Å². The van der Waals surface area contributed by atoms with Gasteiger partial charge in [-0.1, -0.05) is 0 Å². The molecule has 2 N–H and O–H groups in total. The van der Waals surface area contributed by atoms with Gasteiger partial charge in [-0.15, -0.1) is 11.3 Å². The van der Waals surface area contributed by atoms with Crippen molar-refractivity contribution in [3.05, 3.63) is 46.4 Å². The maximum Gasteiger partial charge on any atom is 0.339 e. The number of aryl methyl sites for hydroxylation is 1. The van der Waals surface area contributed by atoms with Crippen molar-refractivity contribution in [1.82, 2.24) is 9.97 Å². The van der Waals surface area contributed by atoms with Gasteiger partial charge in [-0.3, -0.25) is 0 Å². The molecule has 0 spiro atoms. The lowest BCUT2D eigenvalue weighted by Crippen LogP contribution is -2.03. The van der Waals surface area contributed by atoms with E-state index in [9.17, 15) is 4.79 Å². The monoisotopic (exact) mass is 331 g/mol. The number of H-pyrrole nitrogens is 1. The van der Waals surface area contributed by atoms with E-state index in [2.05, 4.69) is 15.3 Å². The van der Waals surface area contributed by atoms with E-state index in [0.29, 0.717) is 12.1 Å². The van der Waals surface area contributed by atoms with Gasteiger partial charge in [0.05, 0.1) is 31.2 Å². The Morgan fingerprint density at radius 3 is 3.00 bits per heavy atom. The number of rotatable bonds is 5. The molecule has 0 aliphatic rings. The van der Waals surface area contributed by atoms with Crippen molar-refractivity contribution in [3.63, 3.8) is 0 Å². The number of carbonyl (C=O) groups excluding carboxylic acids is 1. The predicted molar refractivity (Wildman–Crippen MR) is 88.7 cm³/mol. The molecule has 0 aliphatic heterocycles. The van der Waals surface area contributed by atoms with Crippen LogP contribution in [-0.2, 0) is 11.3 Å². The van der Waals surface area contributed by atoms with Gasteiger partial charge >= 0.3 is 5.97 Å². The van der Waals surface area contributed by atoms with Gasteiger partial charge < -0.3 is 19.5 Å². The predicted octanol–water partition coefficient (Wildman–Crippen LogP) is 3.75. The van der Waals surface area contributed by atoms with Crippen LogP contribution in [0.5, 0.6) is 0 Å². The normalized spacial score (nSPS) is 10.7. The van der Waals surface area contributed by atoms with Crippen LogP contribution in [0.4, 0.5) is 5.13 Å². The average Bonchev–Trinajstić information content (AvgIpc) is 3.25. The summed E-state index contributed by atoms with van der Waals surface area (Å²) in [6.45, 7) is 4.32. The molecule has 0 saturated carbocycles. The Morgan fingerprint density at radius 2 is 2.30 bits per heavy atom. The zero-order chi connectivity index (χ0) is 16.4. The number of nitrogens with one attached hydrogen (secondary N) is 2. The maximum atomic E-state index is 11.9. The highest BCUT2D eigenvalue weighted by Gasteiger charge is 2.20. The Bertz CT molecular complexity index is 818. The van der Waals surface area contributed by atoms with Crippen LogP contribution in [0.1, 0.15) is 27.4 Å². The van der Waals surface area contributed by atoms with E-state index in [4.69, 9.17) is 9.15 Å². The highest BCUT2D eigenvalue weighted by atomic mass is 32.1. The van der Waals surface area contributed by atoms with Crippen molar-refractivity contribution in [3.8, 4) is 11.4 Å². The summed E-state index contributed by atoms with van der Waals surface area (Å²) < 4.78 is 10.1. The summed E-state index contributed by atoms with van der Waals surface area (Å²) in [5.74, 6) is 0.510. The fourth-order valence-electron chi connectivity index (χ4n) is 2.46. The molecule has 0 aromatic carbocycles. The summed E-state index contributed by atoms with van der Waals surface area (Å²) in [6, 6.07) is 3.76. The number of aromatic amines is 1. The van der Waals surface area contributed by atoms with Crippen molar-refractivity contribution in [2.45, 2.75) is 20.4 Å². The van der Waals surface area contributed by atoms with E-state index in [1.54, 1.807) is 6.26 Å². The van der Waals surface area contributed by atoms with E-state index in [1.807, 2.05) is 31.4 Å². The number of anilines is 1. The number of hydrogen-bond acceptors (Lipinski definition) is 6. The Balaban J connectivity index is 1.81. The maximum absolute atomic E-state index is 11.9. The molecule has 7 heteroatoms. The lowest BCUT2D eigenvalue weighted by atomic mass is 10.1. The molecular weight excluding hydrogens is 314 g/mol. The minimum Gasteiger partial charge on any atom is -0.467 e. The van der Waals surface area contributed by atoms with Gasteiger partial charge in [-0.2, -0.15) is 0 Å². The smallest absolute Gasteiger partial charge is 0.339 e. The Morgan fingerprint density at radius 1 is 1.48 bits per heavy atom. The topological polar surface area (TPSA) is 80.2 Å². The average molecular weight is 331 g/mol. The third-order valence-electron chi connectivity index (χ3n) is 3.58. The molecule has 0 aliphatic carbocycles. The highest BCUT2D eigenvalue weighted by molar-refractivity contribution is 7.14. The van der Waals surface area contributed by atoms with E-state index < -0.39 is 0 Å². The summed E-state index contributed by atoms with van der Waals surface area (Å²) in [7, 11) is 1.38. The second-order valence-electron chi connectivity index (χ2n) is 5.09. The van der Waals surface area contributed by atoms with Crippen LogP contribution in [0.15, 0.2) is 28.2 Å². The van der Waals surface area contributed by atoms with Crippen LogP contribution < -0.4 is 5.32 Å². The fourth-order valence-corrected chi connectivity index (χ4v) is 3.16. The summed E-state index contributed by atoms with van der Waals surface area (Å²) >= 11 is 1.50. The van der Waals surface area contributed by atoms with Crippen molar-refractivity contribution in [2.24, 2.45) is 0 Å². The van der Waals surface area contributed by atoms with Crippen molar-refractivity contribution in [1.29, 1.82) is 0 Å². The van der Waals surface area contributed by atoms with E-state index in [1.165, 1.54) is 18.4 Å². The van der Waals surface area contributed by atoms with E-state index in [0.717, 1.165) is 33.5 Å². The lowest BCUT2D eigenvalue weighted by molar-refractivity contribution is 0.0599. The molecule has 23 heavy (non-hydrogen) atoms. The van der Waals surface area contributed by atoms with Crippen molar-refractivity contribution in [2.75, 3.05) is 12.4 Å². The van der Waals surface area contributed by atoms with Gasteiger partial charge in [0.2, 0.25) is 0 Å². The van der Waals surface area contributed by atoms with Gasteiger partial charge in [-0.25, -0.2) is 9.78 Å². The van der Waals surface area contributed by atoms with Crippen LogP contribution in [0.25, 0.3) is 11.4 Å². The first-order valence-corrected chi connectivity index (χ1v) is 7.97. The van der Waals surface area contributed by atoms with Crippen molar-refractivity contribution < 1.29 is 13.9 Å². The third-order valence-corrected chi connectivity index (χ3v) is 4.38. The fraction of sp³-hybridized carbons (Fsp3) is 0.250. The number of nitrogens with zero attached hydrogens (tertiary/aromatic N) is 1. The quantitative estimate of drug-likeness (QED) is 0.696. The molecule has 6 nitrogen and oxygen atoms in total. The van der Waals surface area contributed by atoms with Gasteiger partial charge in [0.1, 0.15) is 11.5 Å². The molecule has 0 saturated heterocycles. The number of methoxy groups -OCH3 is 1. The molecule has 0 fully saturated rings. The standard InChI is InChI=1S/C16H17N3O3S/c1-9-13(15(20)21-3)10(2)18-14(9)12-8-23-16(19-12)17-7-11-5-4-6-22-11/h4-6,8,18H,7H2,1-3H3,(H,17,19). The highest BCUT2D eigenvalue weighted by Crippen LogP contribution is 2.30. The molecular formula is C16H17N3O3S. The Hall–Kier alpha value is -2.54. The Labute approximate surface area is 137 Å². The molecule has 120 valence electrons. The van der Waals surface area contributed by atoms with E-state index in [-0.39, 0.29) is 5.97 Å². The number of thiazole rings is 1. The number of carbonyl (C=O) groups is 1. The number of hydrogen-bond donors (Lipinski definition) is 2. The van der Waals surface area contributed by atoms with Gasteiger partial charge in [0, 0.05) is 11.1 Å². The minimum atomic E-state index is -0.339. The summed E-state index contributed by atoms with van der Waals surface area (Å²) in [6.07, 6.45) is 1.64.